The Balaban J connectivity index is 1.55. The Labute approximate surface area is 170 Å². The number of nitrogens with one attached hydrogen (secondary N) is 2. The summed E-state index contributed by atoms with van der Waals surface area (Å²) in [5.74, 6) is -2.80. The van der Waals surface area contributed by atoms with Crippen LogP contribution in [-0.4, -0.2) is 25.9 Å². The van der Waals surface area contributed by atoms with Crippen LogP contribution in [0.15, 0.2) is 58.3 Å². The van der Waals surface area contributed by atoms with Crippen LogP contribution < -0.4 is 10.0 Å². The van der Waals surface area contributed by atoms with E-state index in [2.05, 4.69) is 10.3 Å². The summed E-state index contributed by atoms with van der Waals surface area (Å²) < 4.78 is 53.5. The Bertz CT molecular complexity index is 1080. The van der Waals surface area contributed by atoms with E-state index in [9.17, 15) is 22.0 Å². The lowest BCUT2D eigenvalue weighted by Crippen LogP contribution is -2.31. The molecule has 3 rings (SSSR count). The molecule has 0 saturated heterocycles. The fraction of sp³-hybridized carbons (Fsp3) is 0.158. The number of rotatable bonds is 8. The van der Waals surface area contributed by atoms with Gasteiger partial charge < -0.3 is 5.32 Å². The number of hydrogen-bond acceptors (Lipinski definition) is 5. The van der Waals surface area contributed by atoms with Gasteiger partial charge in [0.15, 0.2) is 4.90 Å². The van der Waals surface area contributed by atoms with Crippen molar-refractivity contribution < 1.29 is 22.0 Å². The molecule has 6 nitrogen and oxygen atoms in total. The van der Waals surface area contributed by atoms with E-state index in [1.165, 1.54) is 11.3 Å². The summed E-state index contributed by atoms with van der Waals surface area (Å²) in [6.07, 6.45) is 1.47. The zero-order valence-electron chi connectivity index (χ0n) is 15.1. The highest BCUT2D eigenvalue weighted by Gasteiger charge is 2.23. The lowest BCUT2D eigenvalue weighted by atomic mass is 10.1. The van der Waals surface area contributed by atoms with Gasteiger partial charge in [0.05, 0.1) is 5.69 Å². The van der Waals surface area contributed by atoms with Gasteiger partial charge in [-0.05, 0) is 35.2 Å². The molecule has 0 spiro atoms. The molecule has 0 aliphatic carbocycles. The molecule has 2 N–H and O–H groups in total. The summed E-state index contributed by atoms with van der Waals surface area (Å²) in [6.45, 7) is -0.0844. The number of amides is 1. The van der Waals surface area contributed by atoms with Crippen LogP contribution in [0, 0.1) is 11.6 Å². The van der Waals surface area contributed by atoms with Crippen LogP contribution in [0.3, 0.4) is 0 Å². The van der Waals surface area contributed by atoms with Crippen molar-refractivity contribution in [1.29, 1.82) is 0 Å². The average molecular weight is 437 g/mol. The number of benzene rings is 1. The predicted octanol–water partition coefficient (Wildman–Crippen LogP) is 3.07. The minimum absolute atomic E-state index is 0.191. The van der Waals surface area contributed by atoms with E-state index in [1.807, 2.05) is 27.6 Å². The number of carbonyl (C=O) groups is 1. The van der Waals surface area contributed by atoms with Gasteiger partial charge >= 0.3 is 0 Å². The first kappa shape index (κ1) is 21.0. The van der Waals surface area contributed by atoms with Crippen molar-refractivity contribution in [3.05, 3.63) is 70.6 Å². The number of carbonyl (C=O) groups excluding carboxylic acids is 1. The van der Waals surface area contributed by atoms with Crippen molar-refractivity contribution in [3.63, 3.8) is 0 Å². The van der Waals surface area contributed by atoms with Crippen molar-refractivity contribution >= 4 is 27.3 Å². The highest BCUT2D eigenvalue weighted by Crippen LogP contribution is 2.23. The summed E-state index contributed by atoms with van der Waals surface area (Å²) in [7, 11) is -4.41. The van der Waals surface area contributed by atoms with Gasteiger partial charge in [-0.15, -0.1) is 0 Å². The third-order valence-corrected chi connectivity index (χ3v) is 6.19. The largest absolute Gasteiger partial charge is 0.352 e. The van der Waals surface area contributed by atoms with Crippen molar-refractivity contribution in [1.82, 2.24) is 15.0 Å². The van der Waals surface area contributed by atoms with Crippen molar-refractivity contribution in [2.24, 2.45) is 0 Å². The minimum atomic E-state index is -4.41. The summed E-state index contributed by atoms with van der Waals surface area (Å²) in [4.78, 5) is 15.3. The van der Waals surface area contributed by atoms with Gasteiger partial charge in [-0.2, -0.15) is 11.3 Å². The SMILES string of the molecule is O=C(CCNS(=O)(=O)c1c(F)cccc1F)NCc1cccnc1-c1ccsc1. The van der Waals surface area contributed by atoms with Crippen LogP contribution in [0.2, 0.25) is 0 Å². The summed E-state index contributed by atoms with van der Waals surface area (Å²) in [5.41, 5.74) is 2.51. The maximum absolute atomic E-state index is 13.7. The topological polar surface area (TPSA) is 88.2 Å². The monoisotopic (exact) mass is 437 g/mol. The molecule has 0 unspecified atom stereocenters. The first-order valence-corrected chi connectivity index (χ1v) is 11.0. The van der Waals surface area contributed by atoms with E-state index >= 15 is 0 Å². The molecule has 0 saturated carbocycles. The molecule has 0 bridgehead atoms. The molecule has 1 amide bonds. The van der Waals surface area contributed by atoms with E-state index < -0.39 is 32.5 Å². The second-order valence-electron chi connectivity index (χ2n) is 6.00. The molecule has 3 aromatic rings. The molecule has 0 atom stereocenters. The fourth-order valence-corrected chi connectivity index (χ4v) is 4.44. The third-order valence-electron chi connectivity index (χ3n) is 3.99. The van der Waals surface area contributed by atoms with Gasteiger partial charge in [-0.1, -0.05) is 12.1 Å². The summed E-state index contributed by atoms with van der Waals surface area (Å²) in [5, 5.41) is 6.57. The van der Waals surface area contributed by atoms with Crippen molar-refractivity contribution in [2.45, 2.75) is 17.9 Å². The molecule has 2 aromatic heterocycles. The van der Waals surface area contributed by atoms with Crippen LogP contribution >= 0.6 is 11.3 Å². The van der Waals surface area contributed by atoms with Crippen molar-refractivity contribution in [2.75, 3.05) is 6.54 Å². The molecule has 0 radical (unpaired) electrons. The normalized spacial score (nSPS) is 11.4. The maximum Gasteiger partial charge on any atom is 0.246 e. The Morgan fingerprint density at radius 3 is 2.55 bits per heavy atom. The van der Waals surface area contributed by atoms with Gasteiger partial charge in [-0.25, -0.2) is 21.9 Å². The van der Waals surface area contributed by atoms with E-state index in [-0.39, 0.29) is 19.5 Å². The lowest BCUT2D eigenvalue weighted by molar-refractivity contribution is -0.121. The highest BCUT2D eigenvalue weighted by atomic mass is 32.2. The Hall–Kier alpha value is -2.69. The first-order chi connectivity index (χ1) is 13.9. The number of sulfonamides is 1. The molecule has 0 fully saturated rings. The lowest BCUT2D eigenvalue weighted by Gasteiger charge is -2.10. The Morgan fingerprint density at radius 2 is 1.86 bits per heavy atom. The number of halogens is 2. The standard InChI is InChI=1S/C19H17F2N3O3S2/c20-15-4-1-5-16(21)19(15)29(26,27)24-9-6-17(25)23-11-13-3-2-8-22-18(13)14-7-10-28-12-14/h1-5,7-8,10,12,24H,6,9,11H2,(H,23,25). The van der Waals surface area contributed by atoms with Gasteiger partial charge in [0.25, 0.3) is 0 Å². The quantitative estimate of drug-likeness (QED) is 0.567. The number of aromatic nitrogens is 1. The molecule has 10 heteroatoms. The van der Waals surface area contributed by atoms with E-state index in [0.29, 0.717) is 0 Å². The van der Waals surface area contributed by atoms with Gasteiger partial charge in [0.2, 0.25) is 15.9 Å². The van der Waals surface area contributed by atoms with Gasteiger partial charge in [0.1, 0.15) is 11.6 Å². The Kier molecular flexibility index (Phi) is 6.68. The molecule has 0 aliphatic heterocycles. The Morgan fingerprint density at radius 1 is 1.10 bits per heavy atom. The molecule has 29 heavy (non-hydrogen) atoms. The number of nitrogens with zero attached hydrogens (tertiary/aromatic N) is 1. The molecule has 1 aromatic carbocycles. The average Bonchev–Trinajstić information content (AvgIpc) is 3.20. The van der Waals surface area contributed by atoms with E-state index in [1.54, 1.807) is 12.3 Å². The summed E-state index contributed by atoms with van der Waals surface area (Å²) >= 11 is 1.54. The second-order valence-corrected chi connectivity index (χ2v) is 8.48. The fourth-order valence-electron chi connectivity index (χ4n) is 2.63. The molecular formula is C19H17F2N3O3S2. The second kappa shape index (κ2) is 9.21. The third kappa shape index (κ3) is 5.22. The zero-order valence-corrected chi connectivity index (χ0v) is 16.7. The van der Waals surface area contributed by atoms with Crippen LogP contribution in [0.25, 0.3) is 11.3 Å². The number of hydrogen-bond donors (Lipinski definition) is 2. The van der Waals surface area contributed by atoms with Crippen LogP contribution in [0.5, 0.6) is 0 Å². The smallest absolute Gasteiger partial charge is 0.246 e. The maximum atomic E-state index is 13.7. The summed E-state index contributed by atoms with van der Waals surface area (Å²) in [6, 6.07) is 8.29. The minimum Gasteiger partial charge on any atom is -0.352 e. The van der Waals surface area contributed by atoms with Gasteiger partial charge in [-0.3, -0.25) is 9.78 Å². The van der Waals surface area contributed by atoms with Crippen molar-refractivity contribution in [3.8, 4) is 11.3 Å². The number of pyridine rings is 1. The van der Waals surface area contributed by atoms with E-state index in [4.69, 9.17) is 0 Å². The zero-order chi connectivity index (χ0) is 20.9. The van der Waals surface area contributed by atoms with Crippen LogP contribution in [0.1, 0.15) is 12.0 Å². The molecule has 2 heterocycles. The molecule has 0 aliphatic rings. The van der Waals surface area contributed by atoms with Gasteiger partial charge in [0, 0.05) is 36.7 Å². The molecular weight excluding hydrogens is 420 g/mol. The van der Waals surface area contributed by atoms with E-state index in [0.717, 1.165) is 35.0 Å². The van der Waals surface area contributed by atoms with Crippen LogP contribution in [-0.2, 0) is 21.4 Å². The van der Waals surface area contributed by atoms with Crippen LogP contribution in [0.4, 0.5) is 8.78 Å². The predicted molar refractivity (Wildman–Crippen MR) is 106 cm³/mol. The number of thiophene rings is 1. The molecule has 152 valence electrons. The highest BCUT2D eigenvalue weighted by molar-refractivity contribution is 7.89. The first-order valence-electron chi connectivity index (χ1n) is 8.55.